The third-order valence-electron chi connectivity index (χ3n) is 14.2. The van der Waals surface area contributed by atoms with Crippen molar-refractivity contribution in [3.63, 3.8) is 0 Å². The number of carbonyl (C=O) groups excluding carboxylic acids is 3. The average molecular weight is 1110 g/mol. The van der Waals surface area contributed by atoms with E-state index in [1.54, 1.807) is 0 Å². The molecule has 1 unspecified atom stereocenters. The zero-order chi connectivity index (χ0) is 57.8. The molecule has 0 aromatic rings. The molecule has 0 aliphatic rings. The van der Waals surface area contributed by atoms with Crippen LogP contribution in [0, 0.1) is 0 Å². The fraction of sp³-hybridized carbons (Fsp3) is 0.689. The maximum Gasteiger partial charge on any atom is 0.306 e. The highest BCUT2D eigenvalue weighted by Crippen LogP contribution is 2.16. The summed E-state index contributed by atoms with van der Waals surface area (Å²) in [6.45, 7) is 6.46. The molecule has 6 heteroatoms. The molecule has 456 valence electrons. The fourth-order valence-corrected chi connectivity index (χ4v) is 9.18. The zero-order valence-corrected chi connectivity index (χ0v) is 52.3. The number of esters is 3. The smallest absolute Gasteiger partial charge is 0.306 e. The first-order valence-corrected chi connectivity index (χ1v) is 33.5. The quantitative estimate of drug-likeness (QED) is 0.0261. The molecule has 0 aliphatic heterocycles. The van der Waals surface area contributed by atoms with Gasteiger partial charge in [0.15, 0.2) is 6.10 Å². The van der Waals surface area contributed by atoms with E-state index in [0.717, 1.165) is 103 Å². The monoisotopic (exact) mass is 1110 g/mol. The number of unbranched alkanes of at least 4 members (excludes halogenated alkanes) is 29. The van der Waals surface area contributed by atoms with E-state index in [1.165, 1.54) is 161 Å². The minimum atomic E-state index is -0.827. The average Bonchev–Trinajstić information content (AvgIpc) is 3.46. The molecule has 0 heterocycles. The van der Waals surface area contributed by atoms with Crippen molar-refractivity contribution in [2.45, 2.75) is 316 Å². The van der Waals surface area contributed by atoms with Crippen LogP contribution in [0.5, 0.6) is 0 Å². The summed E-state index contributed by atoms with van der Waals surface area (Å²) >= 11 is 0. The van der Waals surface area contributed by atoms with Gasteiger partial charge < -0.3 is 14.2 Å². The van der Waals surface area contributed by atoms with Crippen LogP contribution < -0.4 is 0 Å². The van der Waals surface area contributed by atoms with Gasteiger partial charge in [0.1, 0.15) is 13.2 Å². The minimum absolute atomic E-state index is 0.113. The number of hydrogen-bond donors (Lipinski definition) is 0. The molecule has 6 nitrogen and oxygen atoms in total. The molecule has 0 aromatic heterocycles. The number of hydrogen-bond acceptors (Lipinski definition) is 6. The van der Waals surface area contributed by atoms with Crippen LogP contribution in [0.4, 0.5) is 0 Å². The molecule has 0 radical (unpaired) electrons. The third-order valence-corrected chi connectivity index (χ3v) is 14.2. The van der Waals surface area contributed by atoms with E-state index in [2.05, 4.69) is 136 Å². The lowest BCUT2D eigenvalue weighted by molar-refractivity contribution is -0.166. The van der Waals surface area contributed by atoms with E-state index >= 15 is 0 Å². The van der Waals surface area contributed by atoms with Crippen LogP contribution in [0.25, 0.3) is 0 Å². The van der Waals surface area contributed by atoms with Gasteiger partial charge in [0, 0.05) is 19.3 Å². The molecule has 0 N–H and O–H groups in total. The molecule has 0 rings (SSSR count). The second-order valence-corrected chi connectivity index (χ2v) is 22.0. The van der Waals surface area contributed by atoms with Crippen LogP contribution in [0.15, 0.2) is 122 Å². The molecule has 0 saturated heterocycles. The molecular formula is C74H124O6. The van der Waals surface area contributed by atoms with Crippen molar-refractivity contribution < 1.29 is 28.6 Å². The largest absolute Gasteiger partial charge is 0.462 e. The first kappa shape index (κ1) is 75.8. The van der Waals surface area contributed by atoms with Crippen molar-refractivity contribution in [2.24, 2.45) is 0 Å². The summed E-state index contributed by atoms with van der Waals surface area (Å²) in [6.07, 6.45) is 93.7. The summed E-state index contributed by atoms with van der Waals surface area (Å²) in [5.74, 6) is -1.00. The predicted molar refractivity (Wildman–Crippen MR) is 348 cm³/mol. The Balaban J connectivity index is 4.43. The standard InChI is InChI=1S/C74H124O6/c1-4-7-10-13-16-19-22-25-28-31-33-34-35-36-37-38-39-40-42-43-46-49-52-55-58-61-64-67-73(76)79-70-71(69-78-72(75)66-63-60-57-54-51-48-45-30-27-24-21-18-15-12-9-6-3)80-74(77)68-65-62-59-56-53-50-47-44-41-32-29-26-23-20-17-14-11-8-5-2/h8,11,17,20,22,25-26,29-31,33,35-36,41,44-45,50,53,59,62,71H,4-7,9-10,12-16,18-19,21,23-24,27-28,32,34,37-40,42-43,46-49,51-52,54-58,60-61,63-70H2,1-3H3/b11-8-,20-17-,25-22-,29-26-,33-31-,36-35-,44-41-,45-30-,53-50-,62-59-. The highest BCUT2D eigenvalue weighted by Gasteiger charge is 2.19. The summed E-state index contributed by atoms with van der Waals surface area (Å²) in [4.78, 5) is 38.3. The van der Waals surface area contributed by atoms with E-state index in [9.17, 15) is 14.4 Å². The molecule has 0 aromatic carbocycles. The van der Waals surface area contributed by atoms with E-state index in [1.807, 2.05) is 6.08 Å². The number of ether oxygens (including phenoxy) is 3. The Morgan fingerprint density at radius 1 is 0.263 bits per heavy atom. The first-order chi connectivity index (χ1) is 39.5. The van der Waals surface area contributed by atoms with Gasteiger partial charge in [-0.05, 0) is 122 Å². The molecule has 0 bridgehead atoms. The predicted octanol–water partition coefficient (Wildman–Crippen LogP) is 23.2. The Morgan fingerprint density at radius 2 is 0.512 bits per heavy atom. The molecule has 0 aliphatic carbocycles. The number of allylic oxidation sites excluding steroid dienone is 20. The van der Waals surface area contributed by atoms with Crippen molar-refractivity contribution >= 4 is 17.9 Å². The Morgan fingerprint density at radius 3 is 0.825 bits per heavy atom. The molecule has 0 amide bonds. The maximum absolute atomic E-state index is 12.9. The summed E-state index contributed by atoms with van der Waals surface area (Å²) in [7, 11) is 0. The first-order valence-electron chi connectivity index (χ1n) is 33.5. The van der Waals surface area contributed by atoms with Gasteiger partial charge in [-0.25, -0.2) is 0 Å². The van der Waals surface area contributed by atoms with Gasteiger partial charge in [-0.3, -0.25) is 14.4 Å². The number of carbonyl (C=O) groups is 3. The van der Waals surface area contributed by atoms with Crippen molar-refractivity contribution in [3.05, 3.63) is 122 Å². The highest BCUT2D eigenvalue weighted by atomic mass is 16.6. The SMILES string of the molecule is CC/C=C\C/C=C\C/C=C\C/C=C\C/C=C\C/C=C\CCC(=O)OC(COC(=O)CCCCCCC/C=C\CCCCCCCCC)COC(=O)CCCCCCCCCCCCCC/C=C\C/C=C\C/C=C\CCCCCCC. The van der Waals surface area contributed by atoms with E-state index in [0.29, 0.717) is 19.3 Å². The van der Waals surface area contributed by atoms with E-state index in [4.69, 9.17) is 14.2 Å². The molecule has 0 fully saturated rings. The third kappa shape index (κ3) is 64.6. The molecule has 80 heavy (non-hydrogen) atoms. The van der Waals surface area contributed by atoms with E-state index < -0.39 is 12.1 Å². The van der Waals surface area contributed by atoms with Crippen LogP contribution in [0.1, 0.15) is 310 Å². The second kappa shape index (κ2) is 67.3. The van der Waals surface area contributed by atoms with Gasteiger partial charge in [-0.1, -0.05) is 290 Å². The van der Waals surface area contributed by atoms with Crippen molar-refractivity contribution in [2.75, 3.05) is 13.2 Å². The Bertz CT molecular complexity index is 1650. The molecular weight excluding hydrogens is 985 g/mol. The van der Waals surface area contributed by atoms with Crippen LogP contribution in [0.2, 0.25) is 0 Å². The lowest BCUT2D eigenvalue weighted by Gasteiger charge is -2.18. The second-order valence-electron chi connectivity index (χ2n) is 22.0. The number of rotatable bonds is 60. The van der Waals surface area contributed by atoms with Crippen LogP contribution in [-0.4, -0.2) is 37.2 Å². The maximum atomic E-state index is 12.9. The van der Waals surface area contributed by atoms with Crippen LogP contribution >= 0.6 is 0 Å². The summed E-state index contributed by atoms with van der Waals surface area (Å²) < 4.78 is 16.9. The van der Waals surface area contributed by atoms with Crippen molar-refractivity contribution in [1.82, 2.24) is 0 Å². The van der Waals surface area contributed by atoms with E-state index in [-0.39, 0.29) is 31.6 Å². The molecule has 0 spiro atoms. The Hall–Kier alpha value is -4.19. The van der Waals surface area contributed by atoms with Gasteiger partial charge in [0.05, 0.1) is 0 Å². The van der Waals surface area contributed by atoms with Gasteiger partial charge in [-0.15, -0.1) is 0 Å². The van der Waals surface area contributed by atoms with Crippen LogP contribution in [0.3, 0.4) is 0 Å². The van der Waals surface area contributed by atoms with Crippen molar-refractivity contribution in [1.29, 1.82) is 0 Å². The minimum Gasteiger partial charge on any atom is -0.462 e. The lowest BCUT2D eigenvalue weighted by Crippen LogP contribution is -2.30. The van der Waals surface area contributed by atoms with Gasteiger partial charge >= 0.3 is 17.9 Å². The lowest BCUT2D eigenvalue weighted by atomic mass is 10.0. The molecule has 0 saturated carbocycles. The van der Waals surface area contributed by atoms with Crippen LogP contribution in [-0.2, 0) is 28.6 Å². The van der Waals surface area contributed by atoms with Gasteiger partial charge in [-0.2, -0.15) is 0 Å². The summed E-state index contributed by atoms with van der Waals surface area (Å²) in [5, 5.41) is 0. The zero-order valence-electron chi connectivity index (χ0n) is 52.3. The summed E-state index contributed by atoms with van der Waals surface area (Å²) in [6, 6.07) is 0. The Labute approximate surface area is 494 Å². The van der Waals surface area contributed by atoms with Gasteiger partial charge in [0.2, 0.25) is 0 Å². The normalized spacial score (nSPS) is 12.9. The Kier molecular flexibility index (Phi) is 63.8. The summed E-state index contributed by atoms with van der Waals surface area (Å²) in [5.41, 5.74) is 0. The highest BCUT2D eigenvalue weighted by molar-refractivity contribution is 5.71. The molecule has 1 atom stereocenters. The van der Waals surface area contributed by atoms with Crippen molar-refractivity contribution in [3.8, 4) is 0 Å². The van der Waals surface area contributed by atoms with Gasteiger partial charge in [0.25, 0.3) is 0 Å². The topological polar surface area (TPSA) is 78.9 Å². The fourth-order valence-electron chi connectivity index (χ4n) is 9.18.